The van der Waals surface area contributed by atoms with E-state index in [1.807, 2.05) is 30.3 Å². The zero-order valence-corrected chi connectivity index (χ0v) is 19.3. The van der Waals surface area contributed by atoms with Gasteiger partial charge in [0.05, 0.1) is 14.9 Å². The summed E-state index contributed by atoms with van der Waals surface area (Å²) in [6.45, 7) is 0.324. The average Bonchev–Trinajstić information content (AvgIpc) is 3.34. The monoisotopic (exact) mass is 502 g/mol. The summed E-state index contributed by atoms with van der Waals surface area (Å²) >= 11 is 12.9. The molecule has 7 nitrogen and oxygen atoms in total. The van der Waals surface area contributed by atoms with Crippen molar-refractivity contribution in [2.75, 3.05) is 6.54 Å². The van der Waals surface area contributed by atoms with Crippen LogP contribution in [0, 0.1) is 10.1 Å². The van der Waals surface area contributed by atoms with Gasteiger partial charge in [0.15, 0.2) is 0 Å². The minimum absolute atomic E-state index is 0.0820. The van der Waals surface area contributed by atoms with Crippen LogP contribution in [-0.2, 0) is 11.2 Å². The largest absolute Gasteiger partial charge is 0.457 e. The zero-order chi connectivity index (χ0) is 23.5. The summed E-state index contributed by atoms with van der Waals surface area (Å²) in [6, 6.07) is 15.5. The molecule has 0 N–H and O–H groups in total. The van der Waals surface area contributed by atoms with Crippen molar-refractivity contribution >= 4 is 57.9 Å². The Bertz CT molecular complexity index is 1270. The van der Waals surface area contributed by atoms with Crippen LogP contribution in [0.15, 0.2) is 63.9 Å². The first-order valence-corrected chi connectivity index (χ1v) is 11.4. The number of nitro groups is 1. The molecule has 3 aromatic rings. The van der Waals surface area contributed by atoms with Crippen LogP contribution in [0.2, 0.25) is 10.0 Å². The number of aryl methyl sites for hydroxylation is 1. The molecule has 1 saturated heterocycles. The van der Waals surface area contributed by atoms with Gasteiger partial charge in [0, 0.05) is 24.3 Å². The molecule has 33 heavy (non-hydrogen) atoms. The Balaban J connectivity index is 1.48. The third-order valence-corrected chi connectivity index (χ3v) is 6.49. The Kier molecular flexibility index (Phi) is 6.88. The van der Waals surface area contributed by atoms with E-state index in [1.54, 1.807) is 12.1 Å². The van der Waals surface area contributed by atoms with E-state index in [1.165, 1.54) is 23.1 Å². The minimum Gasteiger partial charge on any atom is -0.457 e. The molecule has 2 amide bonds. The fraction of sp³-hybridized carbons (Fsp3) is 0.130. The molecule has 4 rings (SSSR count). The van der Waals surface area contributed by atoms with Gasteiger partial charge in [-0.25, -0.2) is 0 Å². The maximum absolute atomic E-state index is 12.7. The fourth-order valence-electron chi connectivity index (χ4n) is 3.35. The van der Waals surface area contributed by atoms with Crippen LogP contribution < -0.4 is 0 Å². The predicted molar refractivity (Wildman–Crippen MR) is 128 cm³/mol. The van der Waals surface area contributed by atoms with E-state index in [0.29, 0.717) is 24.3 Å². The molecule has 1 fully saturated rings. The molecule has 168 valence electrons. The van der Waals surface area contributed by atoms with Crippen LogP contribution in [0.25, 0.3) is 17.4 Å². The number of rotatable bonds is 7. The van der Waals surface area contributed by atoms with Crippen molar-refractivity contribution in [1.82, 2.24) is 4.90 Å². The van der Waals surface area contributed by atoms with Crippen molar-refractivity contribution in [3.05, 3.63) is 91.0 Å². The lowest BCUT2D eigenvalue weighted by Gasteiger charge is -2.11. The predicted octanol–water partition coefficient (Wildman–Crippen LogP) is 6.83. The maximum Gasteiger partial charge on any atom is 0.293 e. The standard InChI is InChI=1S/C23H16Cl2N2O5S/c24-17-13-18(25)19(27(30)31)12-16(17)20-9-8-15(32-20)11-21-22(28)26(23(29)33-21)10-4-7-14-5-2-1-3-6-14/h1-3,5-6,8-9,11-13H,4,7,10H2/b21-11+. The number of halogens is 2. The van der Waals surface area contributed by atoms with Crippen LogP contribution in [-0.4, -0.2) is 27.5 Å². The highest BCUT2D eigenvalue weighted by Crippen LogP contribution is 2.38. The number of amides is 2. The van der Waals surface area contributed by atoms with E-state index in [2.05, 4.69) is 0 Å². The first kappa shape index (κ1) is 23.1. The molecule has 2 aromatic carbocycles. The van der Waals surface area contributed by atoms with E-state index in [0.717, 1.165) is 23.7 Å². The van der Waals surface area contributed by atoms with Gasteiger partial charge < -0.3 is 4.42 Å². The van der Waals surface area contributed by atoms with Gasteiger partial charge >= 0.3 is 0 Å². The first-order valence-electron chi connectivity index (χ1n) is 9.86. The molecule has 1 aromatic heterocycles. The Morgan fingerprint density at radius 2 is 1.82 bits per heavy atom. The molecule has 0 saturated carbocycles. The van der Waals surface area contributed by atoms with E-state index in [9.17, 15) is 19.7 Å². The number of imide groups is 1. The lowest BCUT2D eigenvalue weighted by atomic mass is 10.1. The molecule has 0 unspecified atom stereocenters. The number of hydrogen-bond donors (Lipinski definition) is 0. The third-order valence-electron chi connectivity index (χ3n) is 4.96. The molecule has 1 aliphatic heterocycles. The number of carbonyl (C=O) groups excluding carboxylic acids is 2. The normalized spacial score (nSPS) is 15.0. The van der Waals surface area contributed by atoms with Gasteiger partial charge in [0.25, 0.3) is 16.8 Å². The van der Waals surface area contributed by atoms with Crippen LogP contribution in [0.1, 0.15) is 17.7 Å². The van der Waals surface area contributed by atoms with Gasteiger partial charge in [-0.1, -0.05) is 53.5 Å². The number of nitro benzene ring substituents is 1. The van der Waals surface area contributed by atoms with Crippen molar-refractivity contribution in [3.8, 4) is 11.3 Å². The smallest absolute Gasteiger partial charge is 0.293 e. The van der Waals surface area contributed by atoms with Gasteiger partial charge in [-0.3, -0.25) is 24.6 Å². The van der Waals surface area contributed by atoms with Gasteiger partial charge in [-0.15, -0.1) is 0 Å². The Labute approximate surface area is 203 Å². The second-order valence-corrected chi connectivity index (χ2v) is 8.97. The number of furan rings is 1. The summed E-state index contributed by atoms with van der Waals surface area (Å²) in [7, 11) is 0. The van der Waals surface area contributed by atoms with Crippen LogP contribution in [0.4, 0.5) is 10.5 Å². The highest BCUT2D eigenvalue weighted by molar-refractivity contribution is 8.18. The minimum atomic E-state index is -0.611. The van der Waals surface area contributed by atoms with E-state index in [-0.39, 0.29) is 37.5 Å². The molecule has 2 heterocycles. The van der Waals surface area contributed by atoms with E-state index >= 15 is 0 Å². The summed E-state index contributed by atoms with van der Waals surface area (Å²) in [5.41, 5.74) is 1.14. The van der Waals surface area contributed by atoms with Crippen molar-refractivity contribution < 1.29 is 18.9 Å². The van der Waals surface area contributed by atoms with Crippen molar-refractivity contribution in [2.24, 2.45) is 0 Å². The second kappa shape index (κ2) is 9.82. The van der Waals surface area contributed by atoms with Gasteiger partial charge in [0.1, 0.15) is 16.5 Å². The molecule has 1 aliphatic rings. The van der Waals surface area contributed by atoms with Crippen LogP contribution in [0.3, 0.4) is 0 Å². The summed E-state index contributed by atoms with van der Waals surface area (Å²) in [4.78, 5) is 37.1. The highest BCUT2D eigenvalue weighted by Gasteiger charge is 2.34. The summed E-state index contributed by atoms with van der Waals surface area (Å²) in [6.07, 6.45) is 2.90. The molecule has 0 spiro atoms. The SMILES string of the molecule is O=C1S/C(=C/c2ccc(-c3cc([N+](=O)[O-])c(Cl)cc3Cl)o2)C(=O)N1CCCc1ccccc1. The summed E-state index contributed by atoms with van der Waals surface area (Å²) in [5.74, 6) is 0.206. The number of nitrogens with zero attached hydrogens (tertiary/aromatic N) is 2. The quantitative estimate of drug-likeness (QED) is 0.199. The lowest BCUT2D eigenvalue weighted by Crippen LogP contribution is -2.29. The third kappa shape index (κ3) is 5.13. The second-order valence-electron chi connectivity index (χ2n) is 7.17. The van der Waals surface area contributed by atoms with Gasteiger partial charge in [0.2, 0.25) is 0 Å². The number of benzene rings is 2. The zero-order valence-electron chi connectivity index (χ0n) is 17.0. The molecule has 10 heteroatoms. The Hall–Kier alpha value is -3.07. The molecular weight excluding hydrogens is 487 g/mol. The van der Waals surface area contributed by atoms with Crippen molar-refractivity contribution in [2.45, 2.75) is 12.8 Å². The van der Waals surface area contributed by atoms with Gasteiger partial charge in [-0.05, 0) is 48.4 Å². The summed E-state index contributed by atoms with van der Waals surface area (Å²) in [5, 5.41) is 10.9. The van der Waals surface area contributed by atoms with Crippen molar-refractivity contribution in [1.29, 1.82) is 0 Å². The van der Waals surface area contributed by atoms with E-state index in [4.69, 9.17) is 27.6 Å². The molecule has 0 aliphatic carbocycles. The van der Waals surface area contributed by atoms with Crippen molar-refractivity contribution in [3.63, 3.8) is 0 Å². The Morgan fingerprint density at radius 1 is 1.06 bits per heavy atom. The molecule has 0 bridgehead atoms. The van der Waals surface area contributed by atoms with Crippen LogP contribution >= 0.6 is 35.0 Å². The lowest BCUT2D eigenvalue weighted by molar-refractivity contribution is -0.384. The van der Waals surface area contributed by atoms with E-state index < -0.39 is 4.92 Å². The highest BCUT2D eigenvalue weighted by atomic mass is 35.5. The maximum atomic E-state index is 12.7. The molecule has 0 radical (unpaired) electrons. The Morgan fingerprint density at radius 3 is 2.55 bits per heavy atom. The average molecular weight is 503 g/mol. The molecule has 0 atom stereocenters. The first-order chi connectivity index (χ1) is 15.8. The fourth-order valence-corrected chi connectivity index (χ4v) is 4.74. The number of carbonyl (C=O) groups is 2. The summed E-state index contributed by atoms with van der Waals surface area (Å²) < 4.78 is 5.72. The molecular formula is C23H16Cl2N2O5S. The van der Waals surface area contributed by atoms with Gasteiger partial charge in [-0.2, -0.15) is 0 Å². The number of thioether (sulfide) groups is 1. The number of hydrogen-bond acceptors (Lipinski definition) is 6. The van der Waals surface area contributed by atoms with Crippen LogP contribution in [0.5, 0.6) is 0 Å². The topological polar surface area (TPSA) is 93.7 Å².